The van der Waals surface area contributed by atoms with Crippen molar-refractivity contribution in [3.8, 4) is 5.75 Å². The SMILES string of the molecule is COc1cc2c(cc1CN1CCC(c3ccn[nH]3)CC1)CCC2. The van der Waals surface area contributed by atoms with Crippen LogP contribution in [0.1, 0.15) is 47.6 Å². The Hall–Kier alpha value is -1.81. The van der Waals surface area contributed by atoms with E-state index in [1.165, 1.54) is 54.5 Å². The van der Waals surface area contributed by atoms with E-state index in [1.54, 1.807) is 7.11 Å². The third-order valence-electron chi connectivity index (χ3n) is 5.44. The first-order valence-corrected chi connectivity index (χ1v) is 8.74. The molecule has 2 aromatic rings. The molecule has 122 valence electrons. The Balaban J connectivity index is 1.43. The quantitative estimate of drug-likeness (QED) is 0.942. The third-order valence-corrected chi connectivity index (χ3v) is 5.44. The molecule has 0 spiro atoms. The summed E-state index contributed by atoms with van der Waals surface area (Å²) in [5.74, 6) is 1.71. The standard InChI is InChI=1S/C19H25N3O/c1-23-19-12-16-4-2-3-15(16)11-17(19)13-22-9-6-14(7-10-22)18-5-8-20-21-18/h5,8,11-12,14H,2-4,6-7,9-10,13H2,1H3,(H,20,21). The van der Waals surface area contributed by atoms with Gasteiger partial charge in [-0.15, -0.1) is 0 Å². The predicted molar refractivity (Wildman–Crippen MR) is 90.9 cm³/mol. The highest BCUT2D eigenvalue weighted by molar-refractivity contribution is 5.44. The maximum Gasteiger partial charge on any atom is 0.123 e. The van der Waals surface area contributed by atoms with Gasteiger partial charge >= 0.3 is 0 Å². The topological polar surface area (TPSA) is 41.1 Å². The fourth-order valence-corrected chi connectivity index (χ4v) is 4.10. The molecule has 0 saturated carbocycles. The van der Waals surface area contributed by atoms with E-state index >= 15 is 0 Å². The van der Waals surface area contributed by atoms with E-state index in [0.717, 1.165) is 25.4 Å². The number of aryl methyl sites for hydroxylation is 2. The summed E-state index contributed by atoms with van der Waals surface area (Å²) in [7, 11) is 1.80. The highest BCUT2D eigenvalue weighted by Crippen LogP contribution is 2.32. The van der Waals surface area contributed by atoms with E-state index < -0.39 is 0 Å². The molecule has 0 amide bonds. The monoisotopic (exact) mass is 311 g/mol. The molecule has 0 unspecified atom stereocenters. The Bertz CT molecular complexity index is 658. The number of aromatic nitrogens is 2. The number of ether oxygens (including phenoxy) is 1. The van der Waals surface area contributed by atoms with Gasteiger partial charge in [0.05, 0.1) is 7.11 Å². The lowest BCUT2D eigenvalue weighted by atomic mass is 9.93. The Labute approximate surface area is 137 Å². The summed E-state index contributed by atoms with van der Waals surface area (Å²) in [6.07, 6.45) is 8.00. The van der Waals surface area contributed by atoms with Crippen LogP contribution in [0.15, 0.2) is 24.4 Å². The van der Waals surface area contributed by atoms with Crippen LogP contribution in [0.2, 0.25) is 0 Å². The molecule has 1 aromatic heterocycles. The molecule has 2 aliphatic rings. The molecular formula is C19H25N3O. The lowest BCUT2D eigenvalue weighted by Crippen LogP contribution is -2.32. The van der Waals surface area contributed by atoms with Crippen molar-refractivity contribution < 1.29 is 4.74 Å². The summed E-state index contributed by atoms with van der Waals surface area (Å²) in [4.78, 5) is 2.56. The third kappa shape index (κ3) is 3.00. The highest BCUT2D eigenvalue weighted by Gasteiger charge is 2.23. The minimum absolute atomic E-state index is 0.635. The predicted octanol–water partition coefficient (Wildman–Crippen LogP) is 3.29. The Kier molecular flexibility index (Phi) is 4.08. The van der Waals surface area contributed by atoms with Crippen molar-refractivity contribution in [2.75, 3.05) is 20.2 Å². The first-order valence-electron chi connectivity index (χ1n) is 8.74. The number of hydrogen-bond acceptors (Lipinski definition) is 3. The number of nitrogens with zero attached hydrogens (tertiary/aromatic N) is 2. The van der Waals surface area contributed by atoms with Gasteiger partial charge in [0.15, 0.2) is 0 Å². The van der Waals surface area contributed by atoms with Crippen LogP contribution in [-0.4, -0.2) is 35.3 Å². The molecular weight excluding hydrogens is 286 g/mol. The van der Waals surface area contributed by atoms with Gasteiger partial charge in [0.1, 0.15) is 5.75 Å². The summed E-state index contributed by atoms with van der Waals surface area (Å²) in [5.41, 5.74) is 5.67. The molecule has 2 heterocycles. The van der Waals surface area contributed by atoms with Gasteiger partial charge < -0.3 is 4.74 Å². The lowest BCUT2D eigenvalue weighted by Gasteiger charge is -2.31. The van der Waals surface area contributed by atoms with E-state index in [1.807, 2.05) is 6.20 Å². The van der Waals surface area contributed by atoms with Gasteiger partial charge in [-0.25, -0.2) is 0 Å². The van der Waals surface area contributed by atoms with E-state index in [-0.39, 0.29) is 0 Å². The molecule has 0 radical (unpaired) electrons. The smallest absolute Gasteiger partial charge is 0.123 e. The van der Waals surface area contributed by atoms with Crippen LogP contribution in [0.3, 0.4) is 0 Å². The Morgan fingerprint density at radius 3 is 2.70 bits per heavy atom. The van der Waals surface area contributed by atoms with Crippen LogP contribution in [0.5, 0.6) is 5.75 Å². The van der Waals surface area contributed by atoms with Crippen LogP contribution in [0.4, 0.5) is 0 Å². The number of H-pyrrole nitrogens is 1. The van der Waals surface area contributed by atoms with Crippen molar-refractivity contribution >= 4 is 0 Å². The van der Waals surface area contributed by atoms with Gasteiger partial charge in [-0.2, -0.15) is 5.10 Å². The first kappa shape index (κ1) is 14.8. The number of rotatable bonds is 4. The summed E-state index contributed by atoms with van der Waals surface area (Å²) in [6, 6.07) is 6.78. The van der Waals surface area contributed by atoms with Crippen LogP contribution < -0.4 is 4.74 Å². The van der Waals surface area contributed by atoms with E-state index in [0.29, 0.717) is 5.92 Å². The fourth-order valence-electron chi connectivity index (χ4n) is 4.10. The van der Waals surface area contributed by atoms with Crippen LogP contribution in [0.25, 0.3) is 0 Å². The second-order valence-corrected chi connectivity index (χ2v) is 6.85. The average molecular weight is 311 g/mol. The number of methoxy groups -OCH3 is 1. The average Bonchev–Trinajstić information content (AvgIpc) is 3.26. The van der Waals surface area contributed by atoms with Gasteiger partial charge in [0.2, 0.25) is 0 Å². The van der Waals surface area contributed by atoms with Crippen molar-refractivity contribution in [2.45, 2.75) is 44.6 Å². The highest BCUT2D eigenvalue weighted by atomic mass is 16.5. The van der Waals surface area contributed by atoms with Crippen LogP contribution in [-0.2, 0) is 19.4 Å². The lowest BCUT2D eigenvalue weighted by molar-refractivity contribution is 0.201. The zero-order valence-electron chi connectivity index (χ0n) is 13.8. The van der Waals surface area contributed by atoms with Gasteiger partial charge in [-0.05, 0) is 68.5 Å². The van der Waals surface area contributed by atoms with Crippen molar-refractivity contribution in [1.82, 2.24) is 15.1 Å². The molecule has 4 nitrogen and oxygen atoms in total. The minimum Gasteiger partial charge on any atom is -0.496 e. The second-order valence-electron chi connectivity index (χ2n) is 6.85. The maximum atomic E-state index is 5.65. The van der Waals surface area contributed by atoms with Gasteiger partial charge in [-0.3, -0.25) is 10.00 Å². The van der Waals surface area contributed by atoms with Crippen LogP contribution >= 0.6 is 0 Å². The molecule has 23 heavy (non-hydrogen) atoms. The molecule has 1 aliphatic carbocycles. The fraction of sp³-hybridized carbons (Fsp3) is 0.526. The molecule has 1 fully saturated rings. The first-order chi connectivity index (χ1) is 11.3. The maximum absolute atomic E-state index is 5.65. The molecule has 1 N–H and O–H groups in total. The Morgan fingerprint density at radius 2 is 2.00 bits per heavy atom. The zero-order valence-corrected chi connectivity index (χ0v) is 13.8. The Morgan fingerprint density at radius 1 is 1.22 bits per heavy atom. The number of nitrogens with one attached hydrogen (secondary N) is 1. The van der Waals surface area contributed by atoms with Crippen molar-refractivity contribution in [1.29, 1.82) is 0 Å². The van der Waals surface area contributed by atoms with Crippen LogP contribution in [0, 0.1) is 0 Å². The summed E-state index contributed by atoms with van der Waals surface area (Å²) in [5, 5.41) is 7.21. The molecule has 1 aromatic carbocycles. The molecule has 0 bridgehead atoms. The zero-order chi connectivity index (χ0) is 15.6. The van der Waals surface area contributed by atoms with Gasteiger partial charge in [0.25, 0.3) is 0 Å². The van der Waals surface area contributed by atoms with E-state index in [2.05, 4.69) is 33.3 Å². The van der Waals surface area contributed by atoms with Gasteiger partial charge in [0, 0.05) is 29.9 Å². The molecule has 4 heteroatoms. The van der Waals surface area contributed by atoms with Crippen molar-refractivity contribution in [3.63, 3.8) is 0 Å². The van der Waals surface area contributed by atoms with E-state index in [4.69, 9.17) is 4.74 Å². The van der Waals surface area contributed by atoms with Crippen molar-refractivity contribution in [3.05, 3.63) is 46.8 Å². The molecule has 1 saturated heterocycles. The number of likely N-dealkylation sites (tertiary alicyclic amines) is 1. The second kappa shape index (κ2) is 6.36. The number of fused-ring (bicyclic) bond motifs is 1. The molecule has 1 aliphatic heterocycles. The summed E-state index contributed by atoms with van der Waals surface area (Å²) in [6.45, 7) is 3.29. The summed E-state index contributed by atoms with van der Waals surface area (Å²) >= 11 is 0. The normalized spacial score (nSPS) is 19.0. The number of benzene rings is 1. The number of hydrogen-bond donors (Lipinski definition) is 1. The summed E-state index contributed by atoms with van der Waals surface area (Å²) < 4.78 is 5.65. The number of piperidine rings is 1. The van der Waals surface area contributed by atoms with Crippen molar-refractivity contribution in [2.24, 2.45) is 0 Å². The molecule has 4 rings (SSSR count). The molecule has 0 atom stereocenters. The van der Waals surface area contributed by atoms with E-state index in [9.17, 15) is 0 Å². The minimum atomic E-state index is 0.635. The number of aromatic amines is 1. The largest absolute Gasteiger partial charge is 0.496 e. The van der Waals surface area contributed by atoms with Gasteiger partial charge in [-0.1, -0.05) is 6.07 Å².